The second-order valence-electron chi connectivity index (χ2n) is 5.50. The number of halogens is 1. The molecule has 1 saturated carbocycles. The number of carbonyl (C=O) groups is 1. The molecule has 2 unspecified atom stereocenters. The lowest BCUT2D eigenvalue weighted by Gasteiger charge is -2.37. The Morgan fingerprint density at radius 1 is 1.32 bits per heavy atom. The molecule has 2 atom stereocenters. The highest BCUT2D eigenvalue weighted by Crippen LogP contribution is 2.37. The average Bonchev–Trinajstić information content (AvgIpc) is 2.84. The number of rotatable bonds is 1. The summed E-state index contributed by atoms with van der Waals surface area (Å²) < 4.78 is 0. The zero-order chi connectivity index (χ0) is 13.4. The Morgan fingerprint density at radius 3 is 2.89 bits per heavy atom. The molecule has 0 aromatic carbocycles. The Bertz CT molecular complexity index is 485. The van der Waals surface area contributed by atoms with Crippen molar-refractivity contribution < 1.29 is 4.79 Å². The quantitative estimate of drug-likeness (QED) is 0.804. The standard InChI is InChI=1S/C14H18ClN3O/c15-12-7-10(8-13(16)17-12)14(19)18-6-2-4-9-3-1-5-11(9)18/h7-9,11H,1-6H2,(H2,16,17). The van der Waals surface area contributed by atoms with Crippen LogP contribution in [0, 0.1) is 5.92 Å². The van der Waals surface area contributed by atoms with Crippen molar-refractivity contribution in [3.05, 3.63) is 22.8 Å². The van der Waals surface area contributed by atoms with E-state index in [1.807, 2.05) is 4.90 Å². The van der Waals surface area contributed by atoms with Gasteiger partial charge in [0.15, 0.2) is 0 Å². The van der Waals surface area contributed by atoms with Gasteiger partial charge in [-0.3, -0.25) is 4.79 Å². The van der Waals surface area contributed by atoms with Crippen molar-refractivity contribution in [2.45, 2.75) is 38.1 Å². The third kappa shape index (κ3) is 2.41. The lowest BCUT2D eigenvalue weighted by atomic mass is 9.91. The van der Waals surface area contributed by atoms with Crippen LogP contribution in [0.15, 0.2) is 12.1 Å². The van der Waals surface area contributed by atoms with Crippen molar-refractivity contribution >= 4 is 23.3 Å². The van der Waals surface area contributed by atoms with Gasteiger partial charge in [0, 0.05) is 18.2 Å². The molecule has 3 rings (SSSR count). The number of piperidine rings is 1. The van der Waals surface area contributed by atoms with Gasteiger partial charge in [0.05, 0.1) is 0 Å². The van der Waals surface area contributed by atoms with Crippen LogP contribution in [-0.4, -0.2) is 28.4 Å². The molecule has 2 heterocycles. The van der Waals surface area contributed by atoms with Crippen LogP contribution in [0.1, 0.15) is 42.5 Å². The number of fused-ring (bicyclic) bond motifs is 1. The van der Waals surface area contributed by atoms with Crippen LogP contribution in [0.3, 0.4) is 0 Å². The van der Waals surface area contributed by atoms with Gasteiger partial charge in [-0.2, -0.15) is 0 Å². The van der Waals surface area contributed by atoms with E-state index < -0.39 is 0 Å². The SMILES string of the molecule is Nc1cc(C(=O)N2CCCC3CCCC32)cc(Cl)n1. The molecule has 2 aliphatic rings. The van der Waals surface area contributed by atoms with Crippen molar-refractivity contribution in [2.24, 2.45) is 5.92 Å². The van der Waals surface area contributed by atoms with Gasteiger partial charge in [0.2, 0.25) is 0 Å². The van der Waals surface area contributed by atoms with Crippen LogP contribution in [0.4, 0.5) is 5.82 Å². The number of hydrogen-bond acceptors (Lipinski definition) is 3. The number of pyridine rings is 1. The summed E-state index contributed by atoms with van der Waals surface area (Å²) in [5.74, 6) is 1.04. The van der Waals surface area contributed by atoms with Gasteiger partial charge in [-0.25, -0.2) is 4.98 Å². The van der Waals surface area contributed by atoms with Crippen molar-refractivity contribution in [3.63, 3.8) is 0 Å². The van der Waals surface area contributed by atoms with Crippen LogP contribution < -0.4 is 5.73 Å². The van der Waals surface area contributed by atoms with E-state index in [0.717, 1.165) is 19.4 Å². The molecule has 5 heteroatoms. The third-order valence-electron chi connectivity index (χ3n) is 4.31. The molecule has 0 bridgehead atoms. The van der Waals surface area contributed by atoms with Gasteiger partial charge in [-0.1, -0.05) is 18.0 Å². The van der Waals surface area contributed by atoms with E-state index in [0.29, 0.717) is 23.3 Å². The Labute approximate surface area is 117 Å². The van der Waals surface area contributed by atoms with E-state index in [1.54, 1.807) is 12.1 Å². The highest BCUT2D eigenvalue weighted by molar-refractivity contribution is 6.29. The number of aromatic nitrogens is 1. The maximum absolute atomic E-state index is 12.6. The van der Waals surface area contributed by atoms with E-state index in [4.69, 9.17) is 17.3 Å². The maximum Gasteiger partial charge on any atom is 0.254 e. The predicted octanol–water partition coefficient (Wildman–Crippen LogP) is 2.72. The molecular formula is C14H18ClN3O. The second kappa shape index (κ2) is 5.00. The minimum Gasteiger partial charge on any atom is -0.384 e. The van der Waals surface area contributed by atoms with Gasteiger partial charge >= 0.3 is 0 Å². The monoisotopic (exact) mass is 279 g/mol. The summed E-state index contributed by atoms with van der Waals surface area (Å²) in [5, 5.41) is 0.281. The lowest BCUT2D eigenvalue weighted by molar-refractivity contribution is 0.0548. The smallest absolute Gasteiger partial charge is 0.254 e. The largest absolute Gasteiger partial charge is 0.384 e. The van der Waals surface area contributed by atoms with Crippen LogP contribution in [0.2, 0.25) is 5.15 Å². The fraction of sp³-hybridized carbons (Fsp3) is 0.571. The van der Waals surface area contributed by atoms with Crippen LogP contribution >= 0.6 is 11.6 Å². The number of nitrogens with two attached hydrogens (primary N) is 1. The summed E-state index contributed by atoms with van der Waals surface area (Å²) in [6, 6.07) is 3.64. The molecule has 2 N–H and O–H groups in total. The first kappa shape index (κ1) is 12.7. The fourth-order valence-corrected chi connectivity index (χ4v) is 3.73. The summed E-state index contributed by atoms with van der Waals surface area (Å²) in [4.78, 5) is 18.6. The Morgan fingerprint density at radius 2 is 2.11 bits per heavy atom. The number of likely N-dealkylation sites (tertiary alicyclic amines) is 1. The predicted molar refractivity (Wildman–Crippen MR) is 75.1 cm³/mol. The number of nitrogens with zero attached hydrogens (tertiary/aromatic N) is 2. The maximum atomic E-state index is 12.6. The normalized spacial score (nSPS) is 26.3. The van der Waals surface area contributed by atoms with Gasteiger partial charge < -0.3 is 10.6 Å². The Kier molecular flexibility index (Phi) is 3.35. The van der Waals surface area contributed by atoms with Crippen molar-refractivity contribution in [1.29, 1.82) is 0 Å². The molecule has 4 nitrogen and oxygen atoms in total. The van der Waals surface area contributed by atoms with Gasteiger partial charge in [-0.05, 0) is 43.7 Å². The minimum atomic E-state index is 0.0487. The van der Waals surface area contributed by atoms with Gasteiger partial charge in [0.25, 0.3) is 5.91 Å². The zero-order valence-electron chi connectivity index (χ0n) is 10.8. The molecule has 1 aliphatic heterocycles. The molecule has 1 aromatic heterocycles. The molecule has 2 fully saturated rings. The van der Waals surface area contributed by atoms with Crippen LogP contribution in [0.5, 0.6) is 0 Å². The van der Waals surface area contributed by atoms with E-state index in [1.165, 1.54) is 19.3 Å². The summed E-state index contributed by atoms with van der Waals surface area (Å²) in [7, 11) is 0. The summed E-state index contributed by atoms with van der Waals surface area (Å²) >= 11 is 5.88. The first-order valence-corrected chi connectivity index (χ1v) is 7.27. The summed E-state index contributed by atoms with van der Waals surface area (Å²) in [6.07, 6.45) is 5.98. The topological polar surface area (TPSA) is 59.2 Å². The highest BCUT2D eigenvalue weighted by Gasteiger charge is 2.37. The molecule has 19 heavy (non-hydrogen) atoms. The Balaban J connectivity index is 1.86. The highest BCUT2D eigenvalue weighted by atomic mass is 35.5. The van der Waals surface area contributed by atoms with Crippen molar-refractivity contribution in [3.8, 4) is 0 Å². The first-order valence-electron chi connectivity index (χ1n) is 6.89. The Hall–Kier alpha value is -1.29. The van der Waals surface area contributed by atoms with E-state index in [2.05, 4.69) is 4.98 Å². The molecule has 102 valence electrons. The van der Waals surface area contributed by atoms with Crippen LogP contribution in [0.25, 0.3) is 0 Å². The number of anilines is 1. The van der Waals surface area contributed by atoms with E-state index in [9.17, 15) is 4.79 Å². The van der Waals surface area contributed by atoms with Gasteiger partial charge in [-0.15, -0.1) is 0 Å². The number of hydrogen-bond donors (Lipinski definition) is 1. The summed E-state index contributed by atoms with van der Waals surface area (Å²) in [6.45, 7) is 0.847. The molecule has 0 spiro atoms. The first-order chi connectivity index (χ1) is 9.15. The lowest BCUT2D eigenvalue weighted by Crippen LogP contribution is -2.46. The van der Waals surface area contributed by atoms with E-state index in [-0.39, 0.29) is 11.1 Å². The fourth-order valence-electron chi connectivity index (χ4n) is 3.51. The third-order valence-corrected chi connectivity index (χ3v) is 4.51. The molecule has 1 aliphatic carbocycles. The molecule has 0 radical (unpaired) electrons. The number of carbonyl (C=O) groups excluding carboxylic acids is 1. The average molecular weight is 280 g/mol. The summed E-state index contributed by atoms with van der Waals surface area (Å²) in [5.41, 5.74) is 6.23. The number of amides is 1. The number of nitrogen functional groups attached to an aromatic ring is 1. The van der Waals surface area contributed by atoms with Crippen molar-refractivity contribution in [2.75, 3.05) is 12.3 Å². The van der Waals surface area contributed by atoms with Crippen molar-refractivity contribution in [1.82, 2.24) is 9.88 Å². The minimum absolute atomic E-state index is 0.0487. The van der Waals surface area contributed by atoms with Gasteiger partial charge in [0.1, 0.15) is 11.0 Å². The molecule has 1 aromatic rings. The molecule has 1 amide bonds. The zero-order valence-corrected chi connectivity index (χ0v) is 11.6. The molecule has 1 saturated heterocycles. The van der Waals surface area contributed by atoms with Crippen LogP contribution in [-0.2, 0) is 0 Å². The van der Waals surface area contributed by atoms with E-state index >= 15 is 0 Å². The second-order valence-corrected chi connectivity index (χ2v) is 5.89. The molecular weight excluding hydrogens is 262 g/mol.